The highest BCUT2D eigenvalue weighted by Gasteiger charge is 2.83. The second kappa shape index (κ2) is 2.35. The molecule has 0 aromatic carbocycles. The molecule has 0 amide bonds. The molecule has 3 fully saturated rings. The monoisotopic (exact) mass is 195 g/mol. The molecule has 2 nitrogen and oxygen atoms in total. The molecule has 3 aliphatic rings. The first-order valence-corrected chi connectivity index (χ1v) is 5.94. The van der Waals surface area contributed by atoms with Crippen LogP contribution in [0.2, 0.25) is 0 Å². The van der Waals surface area contributed by atoms with E-state index in [9.17, 15) is 5.11 Å². The lowest BCUT2D eigenvalue weighted by atomic mass is 9.73. The van der Waals surface area contributed by atoms with E-state index in [2.05, 4.69) is 19.2 Å². The number of aliphatic hydroxyl groups is 1. The van der Waals surface area contributed by atoms with Crippen molar-refractivity contribution in [1.29, 1.82) is 0 Å². The fourth-order valence-corrected chi connectivity index (χ4v) is 4.75. The van der Waals surface area contributed by atoms with E-state index in [1.807, 2.05) is 0 Å². The number of hydrogen-bond acceptors (Lipinski definition) is 2. The van der Waals surface area contributed by atoms with Gasteiger partial charge in [-0.3, -0.25) is 0 Å². The molecule has 0 radical (unpaired) electrons. The van der Waals surface area contributed by atoms with Crippen LogP contribution >= 0.6 is 0 Å². The molecule has 2 atom stereocenters. The van der Waals surface area contributed by atoms with Crippen LogP contribution < -0.4 is 5.32 Å². The van der Waals surface area contributed by atoms with Gasteiger partial charge in [-0.05, 0) is 35.5 Å². The van der Waals surface area contributed by atoms with Crippen LogP contribution in [-0.2, 0) is 0 Å². The van der Waals surface area contributed by atoms with Gasteiger partial charge in [-0.2, -0.15) is 0 Å². The summed E-state index contributed by atoms with van der Waals surface area (Å²) < 4.78 is 0. The molecule has 80 valence electrons. The zero-order valence-electron chi connectivity index (χ0n) is 9.27. The fourth-order valence-electron chi connectivity index (χ4n) is 4.75. The van der Waals surface area contributed by atoms with Crippen molar-refractivity contribution >= 4 is 0 Å². The number of fused-ring (bicyclic) bond motifs is 1. The van der Waals surface area contributed by atoms with Crippen molar-refractivity contribution in [2.24, 2.45) is 16.2 Å². The minimum Gasteiger partial charge on any atom is -0.395 e. The Morgan fingerprint density at radius 1 is 1.29 bits per heavy atom. The van der Waals surface area contributed by atoms with Crippen molar-refractivity contribution in [3.63, 3.8) is 0 Å². The third-order valence-corrected chi connectivity index (χ3v) is 5.96. The summed E-state index contributed by atoms with van der Waals surface area (Å²) in [5.74, 6) is 0. The standard InChI is InChI=1S/C12H21NO/c1-10(2)11(4-3-5-11)12(10)6-9(7-14)13-8-12/h9,13-14H,3-8H2,1-2H3/t9-,12?/m0/s1. The summed E-state index contributed by atoms with van der Waals surface area (Å²) in [6.07, 6.45) is 5.49. The highest BCUT2D eigenvalue weighted by Crippen LogP contribution is 2.87. The van der Waals surface area contributed by atoms with E-state index in [1.165, 1.54) is 25.7 Å². The second-order valence-electron chi connectivity index (χ2n) is 6.11. The van der Waals surface area contributed by atoms with Crippen molar-refractivity contribution in [2.75, 3.05) is 13.2 Å². The molecular weight excluding hydrogens is 174 g/mol. The summed E-state index contributed by atoms with van der Waals surface area (Å²) in [7, 11) is 0. The average molecular weight is 195 g/mol. The minimum absolute atomic E-state index is 0.313. The summed E-state index contributed by atoms with van der Waals surface area (Å²) in [5.41, 5.74) is 1.71. The van der Waals surface area contributed by atoms with Gasteiger partial charge >= 0.3 is 0 Å². The molecule has 2 saturated carbocycles. The summed E-state index contributed by atoms with van der Waals surface area (Å²) in [4.78, 5) is 0. The third kappa shape index (κ3) is 0.674. The molecule has 0 aromatic rings. The first kappa shape index (κ1) is 9.17. The van der Waals surface area contributed by atoms with E-state index in [0.29, 0.717) is 28.9 Å². The molecule has 1 aliphatic heterocycles. The van der Waals surface area contributed by atoms with Gasteiger partial charge in [0.1, 0.15) is 0 Å². The Bertz CT molecular complexity index is 269. The lowest BCUT2D eigenvalue weighted by molar-refractivity contribution is 0.189. The predicted octanol–water partition coefficient (Wildman–Crippen LogP) is 1.54. The molecular formula is C12H21NO. The van der Waals surface area contributed by atoms with Gasteiger partial charge in [0.2, 0.25) is 0 Å². The first-order chi connectivity index (χ1) is 6.60. The van der Waals surface area contributed by atoms with Crippen molar-refractivity contribution in [1.82, 2.24) is 5.32 Å². The lowest BCUT2D eigenvalue weighted by Crippen LogP contribution is -2.25. The smallest absolute Gasteiger partial charge is 0.0584 e. The van der Waals surface area contributed by atoms with Crippen molar-refractivity contribution in [3.05, 3.63) is 0 Å². The van der Waals surface area contributed by atoms with Gasteiger partial charge in [0, 0.05) is 12.6 Å². The predicted molar refractivity (Wildman–Crippen MR) is 56.0 cm³/mol. The Labute approximate surface area is 86.1 Å². The van der Waals surface area contributed by atoms with Crippen LogP contribution in [0, 0.1) is 16.2 Å². The van der Waals surface area contributed by atoms with Crippen LogP contribution in [0.4, 0.5) is 0 Å². The Kier molecular flexibility index (Phi) is 1.54. The molecule has 2 heteroatoms. The summed E-state index contributed by atoms with van der Waals surface area (Å²) >= 11 is 0. The first-order valence-electron chi connectivity index (χ1n) is 5.94. The van der Waals surface area contributed by atoms with Gasteiger partial charge in [0.15, 0.2) is 0 Å². The molecule has 0 aromatic heterocycles. The Morgan fingerprint density at radius 3 is 2.36 bits per heavy atom. The Hall–Kier alpha value is -0.0800. The molecule has 1 heterocycles. The van der Waals surface area contributed by atoms with E-state index in [4.69, 9.17) is 0 Å². The van der Waals surface area contributed by atoms with Gasteiger partial charge in [-0.15, -0.1) is 0 Å². The molecule has 3 rings (SSSR count). The maximum absolute atomic E-state index is 9.19. The normalized spacial score (nSPS) is 46.9. The van der Waals surface area contributed by atoms with Crippen LogP contribution in [0.5, 0.6) is 0 Å². The zero-order chi connectivity index (χ0) is 10.0. The SMILES string of the molecule is CC1(C)C2(CCC2)C12CN[C@H](CO)C2. The van der Waals surface area contributed by atoms with Crippen LogP contribution in [0.3, 0.4) is 0 Å². The number of hydrogen-bond donors (Lipinski definition) is 2. The van der Waals surface area contributed by atoms with Crippen LogP contribution in [0.25, 0.3) is 0 Å². The molecule has 0 bridgehead atoms. The highest BCUT2D eigenvalue weighted by atomic mass is 16.3. The summed E-state index contributed by atoms with van der Waals surface area (Å²) in [5, 5.41) is 12.7. The third-order valence-electron chi connectivity index (χ3n) is 5.96. The van der Waals surface area contributed by atoms with E-state index in [-0.39, 0.29) is 0 Å². The van der Waals surface area contributed by atoms with Gasteiger partial charge < -0.3 is 10.4 Å². The maximum atomic E-state index is 9.19. The zero-order valence-corrected chi connectivity index (χ0v) is 9.27. The largest absolute Gasteiger partial charge is 0.395 e. The molecule has 1 unspecified atom stereocenters. The van der Waals surface area contributed by atoms with Crippen LogP contribution in [0.15, 0.2) is 0 Å². The molecule has 14 heavy (non-hydrogen) atoms. The van der Waals surface area contributed by atoms with E-state index >= 15 is 0 Å². The molecule has 2 N–H and O–H groups in total. The van der Waals surface area contributed by atoms with E-state index < -0.39 is 0 Å². The van der Waals surface area contributed by atoms with Gasteiger partial charge in [0.05, 0.1) is 6.61 Å². The quantitative estimate of drug-likeness (QED) is 0.665. The summed E-state index contributed by atoms with van der Waals surface area (Å²) in [6, 6.07) is 0.370. The summed E-state index contributed by atoms with van der Waals surface area (Å²) in [6.45, 7) is 6.33. The highest BCUT2D eigenvalue weighted by molar-refractivity contribution is 5.32. The Morgan fingerprint density at radius 2 is 2.00 bits per heavy atom. The second-order valence-corrected chi connectivity index (χ2v) is 6.11. The van der Waals surface area contributed by atoms with Crippen molar-refractivity contribution in [3.8, 4) is 0 Å². The number of nitrogens with one attached hydrogen (secondary N) is 1. The fraction of sp³-hybridized carbons (Fsp3) is 1.00. The minimum atomic E-state index is 0.313. The number of rotatable bonds is 1. The molecule has 2 spiro atoms. The Balaban J connectivity index is 1.86. The maximum Gasteiger partial charge on any atom is 0.0584 e. The van der Waals surface area contributed by atoms with Crippen molar-refractivity contribution < 1.29 is 5.11 Å². The van der Waals surface area contributed by atoms with Crippen LogP contribution in [0.1, 0.15) is 39.5 Å². The van der Waals surface area contributed by atoms with E-state index in [1.54, 1.807) is 0 Å². The molecule has 1 saturated heterocycles. The van der Waals surface area contributed by atoms with E-state index in [0.717, 1.165) is 6.54 Å². The topological polar surface area (TPSA) is 32.3 Å². The lowest BCUT2D eigenvalue weighted by Gasteiger charge is -2.31. The van der Waals surface area contributed by atoms with Crippen LogP contribution in [-0.4, -0.2) is 24.3 Å². The van der Waals surface area contributed by atoms with Gasteiger partial charge in [0.25, 0.3) is 0 Å². The number of aliphatic hydroxyl groups excluding tert-OH is 1. The average Bonchev–Trinajstić information content (AvgIpc) is 2.44. The van der Waals surface area contributed by atoms with Gasteiger partial charge in [-0.1, -0.05) is 20.3 Å². The van der Waals surface area contributed by atoms with Crippen molar-refractivity contribution in [2.45, 2.75) is 45.6 Å². The molecule has 2 aliphatic carbocycles. The van der Waals surface area contributed by atoms with Gasteiger partial charge in [-0.25, -0.2) is 0 Å².